The summed E-state index contributed by atoms with van der Waals surface area (Å²) in [6, 6.07) is 0.915. The number of aromatic carboxylic acids is 1. The van der Waals surface area contributed by atoms with E-state index in [0.29, 0.717) is 0 Å². The van der Waals surface area contributed by atoms with Crippen LogP contribution in [0.4, 0.5) is 13.2 Å². The number of hydrogen-bond acceptors (Lipinski definition) is 3. The summed E-state index contributed by atoms with van der Waals surface area (Å²) < 4.78 is 43.3. The van der Waals surface area contributed by atoms with E-state index in [1.807, 2.05) is 0 Å². The minimum atomic E-state index is -4.60. The summed E-state index contributed by atoms with van der Waals surface area (Å²) in [6.07, 6.45) is -3.49. The smallest absolute Gasteiger partial charge is 0.421 e. The second-order valence-corrected chi connectivity index (χ2v) is 3.85. The third-order valence-corrected chi connectivity index (χ3v) is 2.78. The quantitative estimate of drug-likeness (QED) is 0.825. The maximum absolute atomic E-state index is 12.9. The Morgan fingerprint density at radius 1 is 1.59 bits per heavy atom. The van der Waals surface area contributed by atoms with Gasteiger partial charge in [0.05, 0.1) is 6.61 Å². The number of carbonyl (C=O) groups is 1. The second-order valence-electron chi connectivity index (χ2n) is 3.85. The van der Waals surface area contributed by atoms with Crippen LogP contribution in [0.3, 0.4) is 0 Å². The number of alkyl halides is 3. The molecule has 0 radical (unpaired) electrons. The molecule has 7 heteroatoms. The lowest BCUT2D eigenvalue weighted by Gasteiger charge is -2.27. The molecule has 1 unspecified atom stereocenters. The predicted octanol–water partition coefficient (Wildman–Crippen LogP) is 2.09. The molecular formula is C10H8F3NO3. The Morgan fingerprint density at radius 3 is 2.76 bits per heavy atom. The molecule has 0 saturated carbocycles. The highest BCUT2D eigenvalue weighted by atomic mass is 19.4. The van der Waals surface area contributed by atoms with Crippen molar-refractivity contribution in [2.24, 2.45) is 0 Å². The fraction of sp³-hybridized carbons (Fsp3) is 0.400. The summed E-state index contributed by atoms with van der Waals surface area (Å²) in [4.78, 5) is 14.2. The lowest BCUT2D eigenvalue weighted by molar-refractivity contribution is -0.272. The molecule has 0 aliphatic carbocycles. The van der Waals surface area contributed by atoms with Gasteiger partial charge in [0.2, 0.25) is 0 Å². The van der Waals surface area contributed by atoms with Crippen LogP contribution < -0.4 is 0 Å². The SMILES string of the molecule is CC1(C(F)(F)F)OCc2cnc(C(=O)O)cc21. The van der Waals surface area contributed by atoms with Gasteiger partial charge in [0.15, 0.2) is 5.60 Å². The average Bonchev–Trinajstić information content (AvgIpc) is 2.56. The number of hydrogen-bond donors (Lipinski definition) is 1. The van der Waals surface area contributed by atoms with E-state index in [4.69, 9.17) is 9.84 Å². The van der Waals surface area contributed by atoms with E-state index in [1.54, 1.807) is 0 Å². The third kappa shape index (κ3) is 1.66. The molecule has 0 amide bonds. The van der Waals surface area contributed by atoms with Gasteiger partial charge in [0, 0.05) is 17.3 Å². The van der Waals surface area contributed by atoms with Crippen LogP contribution in [0, 0.1) is 0 Å². The van der Waals surface area contributed by atoms with Crippen molar-refractivity contribution < 1.29 is 27.8 Å². The second kappa shape index (κ2) is 3.43. The number of halogens is 3. The molecule has 2 heterocycles. The number of aromatic nitrogens is 1. The first-order valence-electron chi connectivity index (χ1n) is 4.69. The van der Waals surface area contributed by atoms with E-state index in [-0.39, 0.29) is 17.7 Å². The standard InChI is InChI=1S/C10H8F3NO3/c1-9(10(11,12)13)6-2-7(8(15)16)14-3-5(6)4-17-9/h2-3H,4H2,1H3,(H,15,16). The lowest BCUT2D eigenvalue weighted by atomic mass is 9.94. The molecule has 1 N–H and O–H groups in total. The molecule has 0 bridgehead atoms. The van der Waals surface area contributed by atoms with Gasteiger partial charge in [-0.2, -0.15) is 13.2 Å². The molecule has 0 fully saturated rings. The molecule has 4 nitrogen and oxygen atoms in total. The van der Waals surface area contributed by atoms with Crippen molar-refractivity contribution in [2.45, 2.75) is 25.3 Å². The van der Waals surface area contributed by atoms with Crippen molar-refractivity contribution in [1.29, 1.82) is 0 Å². The number of ether oxygens (including phenoxy) is 1. The zero-order valence-electron chi connectivity index (χ0n) is 8.71. The predicted molar refractivity (Wildman–Crippen MR) is 49.4 cm³/mol. The number of rotatable bonds is 1. The highest BCUT2D eigenvalue weighted by Gasteiger charge is 2.57. The molecular weight excluding hydrogens is 239 g/mol. The fourth-order valence-corrected chi connectivity index (χ4v) is 1.69. The van der Waals surface area contributed by atoms with E-state index >= 15 is 0 Å². The molecule has 0 saturated heterocycles. The van der Waals surface area contributed by atoms with Crippen molar-refractivity contribution in [3.05, 3.63) is 29.1 Å². The molecule has 1 atom stereocenters. The zero-order valence-corrected chi connectivity index (χ0v) is 8.71. The molecule has 0 aromatic carbocycles. The van der Waals surface area contributed by atoms with Gasteiger partial charge < -0.3 is 9.84 Å². The van der Waals surface area contributed by atoms with Crippen molar-refractivity contribution in [3.63, 3.8) is 0 Å². The van der Waals surface area contributed by atoms with E-state index < -0.39 is 23.4 Å². The Hall–Kier alpha value is -1.63. The van der Waals surface area contributed by atoms with E-state index in [2.05, 4.69) is 4.98 Å². The maximum Gasteiger partial charge on any atom is 0.421 e. The van der Waals surface area contributed by atoms with Crippen LogP contribution in [-0.4, -0.2) is 22.2 Å². The fourth-order valence-electron chi connectivity index (χ4n) is 1.69. The average molecular weight is 247 g/mol. The van der Waals surface area contributed by atoms with Crippen LogP contribution in [0.2, 0.25) is 0 Å². The number of carboxylic acid groups (broad SMARTS) is 1. The molecule has 17 heavy (non-hydrogen) atoms. The minimum absolute atomic E-state index is 0.183. The number of pyridine rings is 1. The molecule has 2 rings (SSSR count). The number of nitrogens with zero attached hydrogens (tertiary/aromatic N) is 1. The van der Waals surface area contributed by atoms with E-state index in [0.717, 1.165) is 19.2 Å². The first-order chi connectivity index (χ1) is 7.75. The van der Waals surface area contributed by atoms with Gasteiger partial charge in [-0.25, -0.2) is 9.78 Å². The van der Waals surface area contributed by atoms with Gasteiger partial charge in [-0.05, 0) is 13.0 Å². The topological polar surface area (TPSA) is 59.4 Å². The summed E-state index contributed by atoms with van der Waals surface area (Å²) in [7, 11) is 0. The summed E-state index contributed by atoms with van der Waals surface area (Å²) in [5.41, 5.74) is -2.81. The summed E-state index contributed by atoms with van der Waals surface area (Å²) in [6.45, 7) is 0.655. The largest absolute Gasteiger partial charge is 0.477 e. The highest BCUT2D eigenvalue weighted by molar-refractivity contribution is 5.85. The molecule has 92 valence electrons. The van der Waals surface area contributed by atoms with E-state index in [9.17, 15) is 18.0 Å². The monoisotopic (exact) mass is 247 g/mol. The molecule has 1 aliphatic heterocycles. The van der Waals surface area contributed by atoms with Crippen molar-refractivity contribution in [1.82, 2.24) is 4.98 Å². The molecule has 0 spiro atoms. The van der Waals surface area contributed by atoms with Crippen LogP contribution in [-0.2, 0) is 16.9 Å². The Kier molecular flexibility index (Phi) is 2.39. The highest BCUT2D eigenvalue weighted by Crippen LogP contribution is 2.47. The number of fused-ring (bicyclic) bond motifs is 1. The van der Waals surface area contributed by atoms with Gasteiger partial charge in [0.25, 0.3) is 0 Å². The third-order valence-electron chi connectivity index (χ3n) is 2.78. The van der Waals surface area contributed by atoms with Gasteiger partial charge in [-0.15, -0.1) is 0 Å². The van der Waals surface area contributed by atoms with Gasteiger partial charge >= 0.3 is 12.1 Å². The van der Waals surface area contributed by atoms with Crippen molar-refractivity contribution in [2.75, 3.05) is 0 Å². The first kappa shape index (κ1) is 11.8. The number of carboxylic acids is 1. The van der Waals surface area contributed by atoms with Crippen LogP contribution in [0.5, 0.6) is 0 Å². The Labute approximate surface area is 94.0 Å². The first-order valence-corrected chi connectivity index (χ1v) is 4.69. The Bertz CT molecular complexity index is 486. The van der Waals surface area contributed by atoms with Gasteiger partial charge in [-0.1, -0.05) is 0 Å². The summed E-state index contributed by atoms with van der Waals surface area (Å²) in [5, 5.41) is 8.70. The lowest BCUT2D eigenvalue weighted by Crippen LogP contribution is -2.39. The van der Waals surface area contributed by atoms with Gasteiger partial charge in [-0.3, -0.25) is 0 Å². The maximum atomic E-state index is 12.9. The minimum Gasteiger partial charge on any atom is -0.477 e. The zero-order chi connectivity index (χ0) is 12.8. The van der Waals surface area contributed by atoms with Crippen molar-refractivity contribution in [3.8, 4) is 0 Å². The van der Waals surface area contributed by atoms with Crippen molar-refractivity contribution >= 4 is 5.97 Å². The summed E-state index contributed by atoms with van der Waals surface area (Å²) >= 11 is 0. The Balaban J connectivity index is 2.57. The van der Waals surface area contributed by atoms with Crippen LogP contribution in [0.1, 0.15) is 28.5 Å². The molecule has 1 aromatic heterocycles. The summed E-state index contributed by atoms with van der Waals surface area (Å²) in [5.74, 6) is -1.37. The van der Waals surface area contributed by atoms with E-state index in [1.165, 1.54) is 0 Å². The molecule has 1 aromatic rings. The normalized spacial score (nSPS) is 23.5. The Morgan fingerprint density at radius 2 is 2.24 bits per heavy atom. The van der Waals surface area contributed by atoms with Crippen LogP contribution in [0.25, 0.3) is 0 Å². The van der Waals surface area contributed by atoms with Crippen LogP contribution in [0.15, 0.2) is 12.3 Å². The molecule has 1 aliphatic rings. The van der Waals surface area contributed by atoms with Crippen LogP contribution >= 0.6 is 0 Å². The van der Waals surface area contributed by atoms with Gasteiger partial charge in [0.1, 0.15) is 5.69 Å².